The Labute approximate surface area is 207 Å². The molecule has 0 unspecified atom stereocenters. The number of ketones is 1. The molecule has 2 saturated carbocycles. The van der Waals surface area contributed by atoms with Crippen LogP contribution in [0.5, 0.6) is 5.75 Å². The summed E-state index contributed by atoms with van der Waals surface area (Å²) in [7, 11) is 0. The molecule has 1 aromatic rings. The van der Waals surface area contributed by atoms with Crippen molar-refractivity contribution in [2.75, 3.05) is 26.2 Å². The summed E-state index contributed by atoms with van der Waals surface area (Å²) >= 11 is 0. The summed E-state index contributed by atoms with van der Waals surface area (Å²) in [6, 6.07) is 7.09. The zero-order valence-electron chi connectivity index (χ0n) is 20.5. The third kappa shape index (κ3) is 7.95. The normalized spacial score (nSPS) is 23.0. The number of nitrogens with one attached hydrogen (secondary N) is 1. The first-order chi connectivity index (χ1) is 17.0. The molecule has 1 aromatic carbocycles. The fourth-order valence-electron chi connectivity index (χ4n) is 4.82. The molecule has 4 rings (SSSR count). The highest BCUT2D eigenvalue weighted by molar-refractivity contribution is 5.96. The Hall–Kier alpha value is -2.61. The van der Waals surface area contributed by atoms with Crippen LogP contribution in [-0.2, 0) is 9.53 Å². The van der Waals surface area contributed by atoms with E-state index < -0.39 is 5.97 Å². The molecule has 3 fully saturated rings. The lowest BCUT2D eigenvalue weighted by molar-refractivity contribution is -0.143. The van der Waals surface area contributed by atoms with Gasteiger partial charge < -0.3 is 24.8 Å². The van der Waals surface area contributed by atoms with Gasteiger partial charge in [-0.2, -0.15) is 0 Å². The minimum absolute atomic E-state index is 0.0248. The quantitative estimate of drug-likeness (QED) is 0.357. The van der Waals surface area contributed by atoms with Crippen LogP contribution in [0.15, 0.2) is 24.3 Å². The highest BCUT2D eigenvalue weighted by Crippen LogP contribution is 2.30. The van der Waals surface area contributed by atoms with Gasteiger partial charge in [0.2, 0.25) is 0 Å². The van der Waals surface area contributed by atoms with E-state index in [1.807, 2.05) is 4.90 Å². The van der Waals surface area contributed by atoms with Gasteiger partial charge in [0, 0.05) is 38.2 Å². The third-order valence-electron chi connectivity index (χ3n) is 7.35. The minimum atomic E-state index is -0.722. The molecule has 0 bridgehead atoms. The summed E-state index contributed by atoms with van der Waals surface area (Å²) in [5.41, 5.74) is 0.631. The van der Waals surface area contributed by atoms with Gasteiger partial charge in [-0.05, 0) is 88.0 Å². The maximum absolute atomic E-state index is 12.5. The fourth-order valence-corrected chi connectivity index (χ4v) is 4.82. The van der Waals surface area contributed by atoms with Crippen LogP contribution < -0.4 is 10.1 Å². The molecule has 192 valence electrons. The van der Waals surface area contributed by atoms with Crippen molar-refractivity contribution in [1.29, 1.82) is 0 Å². The standard InChI is InChI=1S/C27H38N2O6/c30-25(20-5-9-23(10-6-20)35-24-11-7-21(8-12-24)26(31)32)2-1-15-28-27(33)29-16-13-22(14-17-29)34-18-19-3-4-19/h5-6,9-10,19,21-22,24H,1-4,7-8,11-18H2,(H,28,33)(H,31,32). The molecular weight excluding hydrogens is 448 g/mol. The maximum Gasteiger partial charge on any atom is 0.317 e. The number of ether oxygens (including phenoxy) is 2. The zero-order valence-corrected chi connectivity index (χ0v) is 20.5. The number of amides is 2. The number of benzene rings is 1. The molecule has 35 heavy (non-hydrogen) atoms. The average molecular weight is 487 g/mol. The van der Waals surface area contributed by atoms with Crippen LogP contribution in [0.1, 0.15) is 74.6 Å². The fraction of sp³-hybridized carbons (Fsp3) is 0.667. The summed E-state index contributed by atoms with van der Waals surface area (Å²) in [6.45, 7) is 2.78. The number of Topliss-reactive ketones (excluding diaryl/α,β-unsaturated/α-hetero) is 1. The van der Waals surface area contributed by atoms with Crippen LogP contribution >= 0.6 is 0 Å². The summed E-state index contributed by atoms with van der Waals surface area (Å²) in [6.07, 6.45) is 8.38. The number of carboxylic acid groups (broad SMARTS) is 1. The highest BCUT2D eigenvalue weighted by Gasteiger charge is 2.28. The smallest absolute Gasteiger partial charge is 0.317 e. The number of carbonyl (C=O) groups is 3. The molecule has 2 aliphatic carbocycles. The molecule has 1 aliphatic heterocycles. The lowest BCUT2D eigenvalue weighted by Gasteiger charge is -2.32. The van der Waals surface area contributed by atoms with Gasteiger partial charge in [0.25, 0.3) is 0 Å². The van der Waals surface area contributed by atoms with Crippen molar-refractivity contribution in [2.24, 2.45) is 11.8 Å². The second-order valence-corrected chi connectivity index (χ2v) is 10.2. The number of carbonyl (C=O) groups excluding carboxylic acids is 2. The number of carboxylic acids is 1. The summed E-state index contributed by atoms with van der Waals surface area (Å²) < 4.78 is 11.9. The van der Waals surface area contributed by atoms with Crippen LogP contribution in [0.3, 0.4) is 0 Å². The van der Waals surface area contributed by atoms with Gasteiger partial charge in [-0.15, -0.1) is 0 Å². The molecule has 1 heterocycles. The molecule has 0 aromatic heterocycles. The number of aliphatic carboxylic acids is 1. The Morgan fingerprint density at radius 2 is 1.60 bits per heavy atom. The van der Waals surface area contributed by atoms with Gasteiger partial charge in [0.05, 0.1) is 18.1 Å². The van der Waals surface area contributed by atoms with E-state index >= 15 is 0 Å². The second-order valence-electron chi connectivity index (χ2n) is 10.2. The van der Waals surface area contributed by atoms with E-state index in [2.05, 4.69) is 5.32 Å². The van der Waals surface area contributed by atoms with Crippen LogP contribution in [0, 0.1) is 11.8 Å². The summed E-state index contributed by atoms with van der Waals surface area (Å²) in [4.78, 5) is 37.8. The molecule has 2 amide bonds. The van der Waals surface area contributed by atoms with E-state index in [1.165, 1.54) is 12.8 Å². The van der Waals surface area contributed by atoms with Crippen molar-refractivity contribution in [3.63, 3.8) is 0 Å². The van der Waals surface area contributed by atoms with Gasteiger partial charge in [-0.3, -0.25) is 9.59 Å². The molecule has 8 nitrogen and oxygen atoms in total. The summed E-state index contributed by atoms with van der Waals surface area (Å²) in [5.74, 6) is 0.529. The van der Waals surface area contributed by atoms with E-state index in [4.69, 9.17) is 14.6 Å². The summed E-state index contributed by atoms with van der Waals surface area (Å²) in [5, 5.41) is 12.0. The van der Waals surface area contributed by atoms with Gasteiger partial charge in [-0.25, -0.2) is 4.79 Å². The van der Waals surface area contributed by atoms with E-state index in [0.29, 0.717) is 43.5 Å². The number of piperidine rings is 1. The first-order valence-corrected chi connectivity index (χ1v) is 13.1. The second kappa shape index (κ2) is 12.4. The number of urea groups is 1. The molecular formula is C27H38N2O6. The number of nitrogens with zero attached hydrogens (tertiary/aromatic N) is 1. The first-order valence-electron chi connectivity index (χ1n) is 13.1. The van der Waals surface area contributed by atoms with Gasteiger partial charge in [0.15, 0.2) is 5.78 Å². The van der Waals surface area contributed by atoms with Crippen molar-refractivity contribution in [2.45, 2.75) is 76.4 Å². The molecule has 1 saturated heterocycles. The lowest BCUT2D eigenvalue weighted by atomic mass is 9.87. The van der Waals surface area contributed by atoms with E-state index in [1.54, 1.807) is 24.3 Å². The van der Waals surface area contributed by atoms with Crippen molar-refractivity contribution in [3.8, 4) is 5.75 Å². The number of hydrogen-bond acceptors (Lipinski definition) is 5. The number of likely N-dealkylation sites (tertiary alicyclic amines) is 1. The van der Waals surface area contributed by atoms with Gasteiger partial charge in [-0.1, -0.05) is 0 Å². The van der Waals surface area contributed by atoms with Crippen LogP contribution in [0.2, 0.25) is 0 Å². The maximum atomic E-state index is 12.5. The SMILES string of the molecule is O=C(CCCNC(=O)N1CCC(OCC2CC2)CC1)c1ccc(OC2CCC(C(=O)O)CC2)cc1. The van der Waals surface area contributed by atoms with Gasteiger partial charge >= 0.3 is 12.0 Å². The van der Waals surface area contributed by atoms with Crippen LogP contribution in [0.4, 0.5) is 4.79 Å². The Bertz CT molecular complexity index is 853. The van der Waals surface area contributed by atoms with E-state index in [9.17, 15) is 14.4 Å². The Morgan fingerprint density at radius 3 is 2.23 bits per heavy atom. The van der Waals surface area contributed by atoms with Crippen molar-refractivity contribution >= 4 is 17.8 Å². The number of rotatable bonds is 11. The van der Waals surface area contributed by atoms with E-state index in [-0.39, 0.29) is 29.9 Å². The number of hydrogen-bond donors (Lipinski definition) is 2. The molecule has 3 aliphatic rings. The third-order valence-corrected chi connectivity index (χ3v) is 7.35. The van der Waals surface area contributed by atoms with Crippen LogP contribution in [0.25, 0.3) is 0 Å². The molecule has 2 N–H and O–H groups in total. The first kappa shape index (κ1) is 25.5. The predicted octanol–water partition coefficient (Wildman–Crippen LogP) is 4.27. The van der Waals surface area contributed by atoms with Crippen LogP contribution in [-0.4, -0.2) is 66.2 Å². The lowest BCUT2D eigenvalue weighted by Crippen LogP contribution is -2.46. The van der Waals surface area contributed by atoms with Crippen molar-refractivity contribution < 1.29 is 29.0 Å². The molecule has 0 atom stereocenters. The van der Waals surface area contributed by atoms with E-state index in [0.717, 1.165) is 51.3 Å². The largest absolute Gasteiger partial charge is 0.490 e. The highest BCUT2D eigenvalue weighted by atomic mass is 16.5. The Balaban J connectivity index is 1.09. The Morgan fingerprint density at radius 1 is 0.914 bits per heavy atom. The predicted molar refractivity (Wildman–Crippen MR) is 131 cm³/mol. The molecule has 0 radical (unpaired) electrons. The van der Waals surface area contributed by atoms with Crippen molar-refractivity contribution in [3.05, 3.63) is 29.8 Å². The monoisotopic (exact) mass is 486 g/mol. The van der Waals surface area contributed by atoms with Crippen molar-refractivity contribution in [1.82, 2.24) is 10.2 Å². The minimum Gasteiger partial charge on any atom is -0.490 e. The zero-order chi connectivity index (χ0) is 24.6. The average Bonchev–Trinajstić information content (AvgIpc) is 3.71. The Kier molecular flexibility index (Phi) is 9.01. The van der Waals surface area contributed by atoms with Gasteiger partial charge in [0.1, 0.15) is 5.75 Å². The molecule has 0 spiro atoms. The molecule has 8 heteroatoms. The topological polar surface area (TPSA) is 105 Å².